The van der Waals surface area contributed by atoms with E-state index in [0.717, 1.165) is 30.7 Å². The second-order valence-corrected chi connectivity index (χ2v) is 5.07. The van der Waals surface area contributed by atoms with Crippen molar-refractivity contribution >= 4 is 5.97 Å². The number of aromatic amines is 1. The lowest BCUT2D eigenvalue weighted by atomic mass is 10.1. The fraction of sp³-hybridized carbons (Fsp3) is 0.643. The van der Waals surface area contributed by atoms with Crippen LogP contribution in [0.5, 0.6) is 0 Å². The molecule has 5 heteroatoms. The van der Waals surface area contributed by atoms with E-state index in [9.17, 15) is 4.79 Å². The molecule has 0 saturated carbocycles. The van der Waals surface area contributed by atoms with Crippen LogP contribution >= 0.6 is 0 Å². The number of methoxy groups -OCH3 is 1. The van der Waals surface area contributed by atoms with Gasteiger partial charge in [0.2, 0.25) is 0 Å². The van der Waals surface area contributed by atoms with Gasteiger partial charge in [-0.15, -0.1) is 0 Å². The molecule has 0 spiro atoms. The van der Waals surface area contributed by atoms with Crippen molar-refractivity contribution in [2.24, 2.45) is 0 Å². The number of carbonyl (C=O) groups is 1. The molecule has 1 aliphatic rings. The quantitative estimate of drug-likeness (QED) is 0.797. The molecule has 106 valence electrons. The molecule has 2 atom stereocenters. The van der Waals surface area contributed by atoms with E-state index in [1.54, 1.807) is 0 Å². The Hall–Kier alpha value is -1.33. The lowest BCUT2D eigenvalue weighted by Gasteiger charge is -2.19. The van der Waals surface area contributed by atoms with E-state index < -0.39 is 0 Å². The van der Waals surface area contributed by atoms with Crippen molar-refractivity contribution in [2.45, 2.75) is 45.4 Å². The highest BCUT2D eigenvalue weighted by atomic mass is 16.5. The first-order valence-electron chi connectivity index (χ1n) is 6.73. The molecule has 2 heterocycles. The summed E-state index contributed by atoms with van der Waals surface area (Å²) < 4.78 is 10.4. The van der Waals surface area contributed by atoms with Crippen LogP contribution in [-0.4, -0.2) is 36.8 Å². The minimum atomic E-state index is -0.323. The van der Waals surface area contributed by atoms with E-state index in [1.807, 2.05) is 13.0 Å². The molecule has 1 saturated heterocycles. The van der Waals surface area contributed by atoms with Crippen LogP contribution in [0.2, 0.25) is 0 Å². The summed E-state index contributed by atoms with van der Waals surface area (Å²) in [7, 11) is 1.39. The summed E-state index contributed by atoms with van der Waals surface area (Å²) in [6.45, 7) is 5.59. The van der Waals surface area contributed by atoms with Gasteiger partial charge in [0, 0.05) is 24.9 Å². The lowest BCUT2D eigenvalue weighted by Crippen LogP contribution is -2.36. The summed E-state index contributed by atoms with van der Waals surface area (Å²) in [4.78, 5) is 14.6. The molecule has 0 amide bonds. The van der Waals surface area contributed by atoms with Gasteiger partial charge in [-0.3, -0.25) is 0 Å². The van der Waals surface area contributed by atoms with Crippen molar-refractivity contribution in [2.75, 3.05) is 13.7 Å². The van der Waals surface area contributed by atoms with E-state index in [2.05, 4.69) is 17.2 Å². The maximum atomic E-state index is 11.5. The third-order valence-electron chi connectivity index (χ3n) is 3.60. The zero-order valence-corrected chi connectivity index (χ0v) is 11.8. The SMILES string of the molecule is COC(=O)c1[nH]c(CNC(C)C2CCCO2)cc1C. The summed E-state index contributed by atoms with van der Waals surface area (Å²) >= 11 is 0. The predicted molar refractivity (Wildman–Crippen MR) is 72.1 cm³/mol. The van der Waals surface area contributed by atoms with Crippen LogP contribution in [0.4, 0.5) is 0 Å². The molecule has 1 aliphatic heterocycles. The Morgan fingerprint density at radius 1 is 1.68 bits per heavy atom. The monoisotopic (exact) mass is 266 g/mol. The zero-order valence-electron chi connectivity index (χ0n) is 11.8. The van der Waals surface area contributed by atoms with Gasteiger partial charge in [0.25, 0.3) is 0 Å². The molecular formula is C14H22N2O3. The van der Waals surface area contributed by atoms with Crippen molar-refractivity contribution < 1.29 is 14.3 Å². The first-order chi connectivity index (χ1) is 9.11. The number of aryl methyl sites for hydroxylation is 1. The second-order valence-electron chi connectivity index (χ2n) is 5.07. The maximum Gasteiger partial charge on any atom is 0.354 e. The number of aromatic nitrogens is 1. The van der Waals surface area contributed by atoms with Gasteiger partial charge in [0.05, 0.1) is 13.2 Å². The molecule has 2 unspecified atom stereocenters. The second kappa shape index (κ2) is 6.21. The molecule has 0 bridgehead atoms. The van der Waals surface area contributed by atoms with Gasteiger partial charge in [-0.2, -0.15) is 0 Å². The normalized spacial score (nSPS) is 20.5. The molecule has 2 N–H and O–H groups in total. The molecule has 5 nitrogen and oxygen atoms in total. The molecule has 19 heavy (non-hydrogen) atoms. The summed E-state index contributed by atoms with van der Waals surface area (Å²) in [6.07, 6.45) is 2.56. The first-order valence-corrected chi connectivity index (χ1v) is 6.73. The van der Waals surface area contributed by atoms with Crippen LogP contribution in [-0.2, 0) is 16.0 Å². The number of nitrogens with one attached hydrogen (secondary N) is 2. The van der Waals surface area contributed by atoms with Gasteiger partial charge in [0.1, 0.15) is 5.69 Å². The van der Waals surface area contributed by atoms with Gasteiger partial charge in [-0.05, 0) is 38.3 Å². The third-order valence-corrected chi connectivity index (χ3v) is 3.60. The molecule has 1 fully saturated rings. The average Bonchev–Trinajstić information content (AvgIpc) is 3.04. The Bertz CT molecular complexity index is 436. The van der Waals surface area contributed by atoms with Crippen molar-refractivity contribution in [3.63, 3.8) is 0 Å². The highest BCUT2D eigenvalue weighted by molar-refractivity contribution is 5.89. The Morgan fingerprint density at radius 3 is 3.11 bits per heavy atom. The number of carbonyl (C=O) groups excluding carboxylic acids is 1. The van der Waals surface area contributed by atoms with E-state index in [4.69, 9.17) is 9.47 Å². The van der Waals surface area contributed by atoms with Crippen molar-refractivity contribution in [1.82, 2.24) is 10.3 Å². The van der Waals surface area contributed by atoms with E-state index in [1.165, 1.54) is 7.11 Å². The summed E-state index contributed by atoms with van der Waals surface area (Å²) in [6, 6.07) is 2.29. The van der Waals surface area contributed by atoms with E-state index in [0.29, 0.717) is 24.4 Å². The molecule has 1 aromatic heterocycles. The van der Waals surface area contributed by atoms with Crippen LogP contribution in [0.1, 0.15) is 41.5 Å². The van der Waals surface area contributed by atoms with Gasteiger partial charge in [-0.25, -0.2) is 4.79 Å². The van der Waals surface area contributed by atoms with Crippen LogP contribution in [0, 0.1) is 6.92 Å². The van der Waals surface area contributed by atoms with Gasteiger partial charge >= 0.3 is 5.97 Å². The van der Waals surface area contributed by atoms with Crippen molar-refractivity contribution in [3.8, 4) is 0 Å². The minimum absolute atomic E-state index is 0.302. The zero-order chi connectivity index (χ0) is 13.8. The van der Waals surface area contributed by atoms with Gasteiger partial charge in [0.15, 0.2) is 0 Å². The highest BCUT2D eigenvalue weighted by Gasteiger charge is 2.22. The molecule has 0 aromatic carbocycles. The number of hydrogen-bond donors (Lipinski definition) is 2. The average molecular weight is 266 g/mol. The Kier molecular flexibility index (Phi) is 4.61. The van der Waals surface area contributed by atoms with Crippen LogP contribution in [0.25, 0.3) is 0 Å². The number of hydrogen-bond acceptors (Lipinski definition) is 4. The number of H-pyrrole nitrogens is 1. The molecule has 0 aliphatic carbocycles. The van der Waals surface area contributed by atoms with E-state index >= 15 is 0 Å². The molecule has 2 rings (SSSR count). The van der Waals surface area contributed by atoms with Crippen molar-refractivity contribution in [3.05, 3.63) is 23.0 Å². The summed E-state index contributed by atoms with van der Waals surface area (Å²) in [5.74, 6) is -0.323. The molecule has 0 radical (unpaired) electrons. The van der Waals surface area contributed by atoms with Crippen molar-refractivity contribution in [1.29, 1.82) is 0 Å². The smallest absolute Gasteiger partial charge is 0.354 e. The van der Waals surface area contributed by atoms with Gasteiger partial charge in [-0.1, -0.05) is 0 Å². The summed E-state index contributed by atoms with van der Waals surface area (Å²) in [5.41, 5.74) is 2.43. The first kappa shape index (κ1) is 14.1. The number of rotatable bonds is 5. The van der Waals surface area contributed by atoms with Crippen LogP contribution in [0.15, 0.2) is 6.07 Å². The van der Waals surface area contributed by atoms with Crippen LogP contribution < -0.4 is 5.32 Å². The highest BCUT2D eigenvalue weighted by Crippen LogP contribution is 2.16. The lowest BCUT2D eigenvalue weighted by molar-refractivity contribution is 0.0593. The fourth-order valence-electron chi connectivity index (χ4n) is 2.44. The van der Waals surface area contributed by atoms with E-state index in [-0.39, 0.29) is 5.97 Å². The van der Waals surface area contributed by atoms with Crippen LogP contribution in [0.3, 0.4) is 0 Å². The predicted octanol–water partition coefficient (Wildman–Crippen LogP) is 1.77. The largest absolute Gasteiger partial charge is 0.464 e. The fourth-order valence-corrected chi connectivity index (χ4v) is 2.44. The Morgan fingerprint density at radius 2 is 2.47 bits per heavy atom. The standard InChI is InChI=1S/C14H22N2O3/c1-9-7-11(16-13(9)14(17)18-3)8-15-10(2)12-5-4-6-19-12/h7,10,12,15-16H,4-6,8H2,1-3H3. The van der Waals surface area contributed by atoms with Gasteiger partial charge < -0.3 is 19.8 Å². The number of ether oxygens (including phenoxy) is 2. The minimum Gasteiger partial charge on any atom is -0.464 e. The Balaban J connectivity index is 1.90. The molecular weight excluding hydrogens is 244 g/mol. The number of esters is 1. The maximum absolute atomic E-state index is 11.5. The third kappa shape index (κ3) is 3.36. The summed E-state index contributed by atoms with van der Waals surface area (Å²) in [5, 5.41) is 3.43. The molecule has 1 aromatic rings. The topological polar surface area (TPSA) is 63.4 Å². The Labute approximate surface area is 113 Å².